The van der Waals surface area contributed by atoms with Gasteiger partial charge in [0.15, 0.2) is 0 Å². The molecule has 0 bridgehead atoms. The van der Waals surface area contributed by atoms with E-state index in [1.54, 1.807) is 37.3 Å². The molecule has 0 spiro atoms. The summed E-state index contributed by atoms with van der Waals surface area (Å²) in [7, 11) is 0. The molecule has 0 aliphatic heterocycles. The first-order valence-corrected chi connectivity index (χ1v) is 8.48. The zero-order valence-electron chi connectivity index (χ0n) is 13.9. The van der Waals surface area contributed by atoms with E-state index < -0.39 is 5.91 Å². The highest BCUT2D eigenvalue weighted by Crippen LogP contribution is 2.26. The van der Waals surface area contributed by atoms with Crippen LogP contribution in [0.15, 0.2) is 53.4 Å². The minimum atomic E-state index is -0.513. The van der Waals surface area contributed by atoms with Gasteiger partial charge in [0.2, 0.25) is 17.7 Å². The van der Waals surface area contributed by atoms with Crippen LogP contribution in [0, 0.1) is 0 Å². The number of rotatable bonds is 6. The van der Waals surface area contributed by atoms with Crippen LogP contribution in [-0.4, -0.2) is 23.0 Å². The summed E-state index contributed by atoms with van der Waals surface area (Å²) >= 11 is 1.38. The average molecular weight is 357 g/mol. The topological polar surface area (TPSA) is 101 Å². The highest BCUT2D eigenvalue weighted by atomic mass is 32.2. The molecule has 2 aromatic carbocycles. The summed E-state index contributed by atoms with van der Waals surface area (Å²) < 4.78 is 0. The van der Waals surface area contributed by atoms with Crippen molar-refractivity contribution in [2.24, 2.45) is 5.73 Å². The summed E-state index contributed by atoms with van der Waals surface area (Å²) in [6.45, 7) is 3.24. The minimum Gasteiger partial charge on any atom is -0.366 e. The molecule has 25 heavy (non-hydrogen) atoms. The largest absolute Gasteiger partial charge is 0.366 e. The molecule has 0 fully saturated rings. The van der Waals surface area contributed by atoms with Gasteiger partial charge in [-0.25, -0.2) is 0 Å². The highest BCUT2D eigenvalue weighted by molar-refractivity contribution is 8.00. The maximum absolute atomic E-state index is 12.3. The zero-order chi connectivity index (χ0) is 18.4. The van der Waals surface area contributed by atoms with Crippen LogP contribution in [0.2, 0.25) is 0 Å². The van der Waals surface area contributed by atoms with Gasteiger partial charge in [0, 0.05) is 28.8 Å². The van der Waals surface area contributed by atoms with Crippen molar-refractivity contribution in [1.29, 1.82) is 0 Å². The third-order valence-electron chi connectivity index (χ3n) is 3.27. The molecule has 7 heteroatoms. The Morgan fingerprint density at radius 3 is 2.28 bits per heavy atom. The second-order valence-electron chi connectivity index (χ2n) is 5.40. The van der Waals surface area contributed by atoms with Gasteiger partial charge in [-0.2, -0.15) is 0 Å². The van der Waals surface area contributed by atoms with E-state index in [-0.39, 0.29) is 17.1 Å². The first-order chi connectivity index (χ1) is 11.8. The first-order valence-electron chi connectivity index (χ1n) is 7.60. The number of nitrogens with one attached hydrogen (secondary N) is 2. The predicted octanol–water partition coefficient (Wildman–Crippen LogP) is 2.86. The van der Waals surface area contributed by atoms with Gasteiger partial charge in [-0.05, 0) is 49.4 Å². The molecular formula is C18H19N3O3S. The van der Waals surface area contributed by atoms with Gasteiger partial charge in [-0.3, -0.25) is 14.4 Å². The molecule has 130 valence electrons. The number of thioether (sulfide) groups is 1. The van der Waals surface area contributed by atoms with Gasteiger partial charge in [0.05, 0.1) is 5.25 Å². The molecule has 6 nitrogen and oxygen atoms in total. The number of carbonyl (C=O) groups is 3. The van der Waals surface area contributed by atoms with E-state index in [9.17, 15) is 14.4 Å². The number of hydrogen-bond acceptors (Lipinski definition) is 4. The fraction of sp³-hybridized carbons (Fsp3) is 0.167. The monoisotopic (exact) mass is 357 g/mol. The van der Waals surface area contributed by atoms with E-state index in [0.717, 1.165) is 4.90 Å². The van der Waals surface area contributed by atoms with Crippen molar-refractivity contribution < 1.29 is 14.4 Å². The summed E-state index contributed by atoms with van der Waals surface area (Å²) in [6.07, 6.45) is 0. The number of anilines is 2. The Morgan fingerprint density at radius 1 is 1.00 bits per heavy atom. The molecule has 1 atom stereocenters. The summed E-state index contributed by atoms with van der Waals surface area (Å²) in [5.74, 6) is -0.824. The molecule has 0 saturated heterocycles. The lowest BCUT2D eigenvalue weighted by Gasteiger charge is -2.13. The number of nitrogens with two attached hydrogens (primary N) is 1. The van der Waals surface area contributed by atoms with Crippen molar-refractivity contribution in [3.63, 3.8) is 0 Å². The molecule has 0 aromatic heterocycles. The Balaban J connectivity index is 1.98. The molecular weight excluding hydrogens is 338 g/mol. The number of hydrogen-bond donors (Lipinski definition) is 3. The Morgan fingerprint density at radius 2 is 1.68 bits per heavy atom. The molecule has 0 saturated carbocycles. The predicted molar refractivity (Wildman–Crippen MR) is 99.7 cm³/mol. The smallest absolute Gasteiger partial charge is 0.248 e. The lowest BCUT2D eigenvalue weighted by Crippen LogP contribution is -2.22. The standard InChI is InChI=1S/C18H19N3O3S/c1-11(25-16-5-3-4-15(10-16)20-12(2)22)18(24)21-14-8-6-13(7-9-14)17(19)23/h3-11H,1-2H3,(H2,19,23)(H,20,22)(H,21,24). The van der Waals surface area contributed by atoms with E-state index in [1.165, 1.54) is 18.7 Å². The number of amides is 3. The van der Waals surface area contributed by atoms with Crippen molar-refractivity contribution in [3.05, 3.63) is 54.1 Å². The number of benzene rings is 2. The maximum Gasteiger partial charge on any atom is 0.248 e. The quantitative estimate of drug-likeness (QED) is 0.692. The summed E-state index contributed by atoms with van der Waals surface area (Å²) in [5, 5.41) is 5.16. The molecule has 0 radical (unpaired) electrons. The van der Waals surface area contributed by atoms with E-state index >= 15 is 0 Å². The van der Waals surface area contributed by atoms with Crippen LogP contribution in [-0.2, 0) is 9.59 Å². The Hall–Kier alpha value is -2.80. The number of carbonyl (C=O) groups excluding carboxylic acids is 3. The van der Waals surface area contributed by atoms with E-state index in [1.807, 2.05) is 18.2 Å². The first kappa shape index (κ1) is 18.5. The maximum atomic E-state index is 12.3. The van der Waals surface area contributed by atoms with Crippen LogP contribution in [0.25, 0.3) is 0 Å². The fourth-order valence-corrected chi connectivity index (χ4v) is 3.00. The van der Waals surface area contributed by atoms with Gasteiger partial charge in [-0.1, -0.05) is 6.07 Å². The minimum absolute atomic E-state index is 0.146. The van der Waals surface area contributed by atoms with Gasteiger partial charge in [-0.15, -0.1) is 11.8 Å². The Labute approximate surface area is 150 Å². The van der Waals surface area contributed by atoms with Crippen LogP contribution in [0.4, 0.5) is 11.4 Å². The fourth-order valence-electron chi connectivity index (χ4n) is 2.07. The second-order valence-corrected chi connectivity index (χ2v) is 6.81. The SMILES string of the molecule is CC(=O)Nc1cccc(SC(C)C(=O)Nc2ccc(C(N)=O)cc2)c1. The summed E-state index contributed by atoms with van der Waals surface area (Å²) in [5.41, 5.74) is 6.85. The van der Waals surface area contributed by atoms with Crippen LogP contribution in [0.3, 0.4) is 0 Å². The molecule has 0 aliphatic rings. The Kier molecular flexibility index (Phi) is 6.19. The van der Waals surface area contributed by atoms with E-state index in [0.29, 0.717) is 16.9 Å². The van der Waals surface area contributed by atoms with Crippen molar-refractivity contribution >= 4 is 40.9 Å². The van der Waals surface area contributed by atoms with Crippen LogP contribution in [0.1, 0.15) is 24.2 Å². The third kappa shape index (κ3) is 5.65. The van der Waals surface area contributed by atoms with Crippen molar-refractivity contribution in [1.82, 2.24) is 0 Å². The van der Waals surface area contributed by atoms with Crippen molar-refractivity contribution in [3.8, 4) is 0 Å². The lowest BCUT2D eigenvalue weighted by atomic mass is 10.2. The number of primary amides is 1. The van der Waals surface area contributed by atoms with Crippen LogP contribution < -0.4 is 16.4 Å². The van der Waals surface area contributed by atoms with E-state index in [4.69, 9.17) is 5.73 Å². The molecule has 2 rings (SSSR count). The molecule has 4 N–H and O–H groups in total. The highest BCUT2D eigenvalue weighted by Gasteiger charge is 2.15. The zero-order valence-corrected chi connectivity index (χ0v) is 14.7. The van der Waals surface area contributed by atoms with Gasteiger partial charge < -0.3 is 16.4 Å². The van der Waals surface area contributed by atoms with Gasteiger partial charge in [0.1, 0.15) is 0 Å². The molecule has 3 amide bonds. The summed E-state index contributed by atoms with van der Waals surface area (Å²) in [6, 6.07) is 13.7. The Bertz CT molecular complexity index is 790. The van der Waals surface area contributed by atoms with Gasteiger partial charge >= 0.3 is 0 Å². The molecule has 0 heterocycles. The van der Waals surface area contributed by atoms with Crippen LogP contribution in [0.5, 0.6) is 0 Å². The van der Waals surface area contributed by atoms with E-state index in [2.05, 4.69) is 10.6 Å². The normalized spacial score (nSPS) is 11.4. The average Bonchev–Trinajstić information content (AvgIpc) is 2.55. The molecule has 2 aromatic rings. The van der Waals surface area contributed by atoms with Crippen molar-refractivity contribution in [2.45, 2.75) is 24.0 Å². The third-order valence-corrected chi connectivity index (χ3v) is 4.37. The summed E-state index contributed by atoms with van der Waals surface area (Å²) in [4.78, 5) is 35.3. The van der Waals surface area contributed by atoms with Gasteiger partial charge in [0.25, 0.3) is 0 Å². The van der Waals surface area contributed by atoms with Crippen molar-refractivity contribution in [2.75, 3.05) is 10.6 Å². The second kappa shape index (κ2) is 8.34. The lowest BCUT2D eigenvalue weighted by molar-refractivity contribution is -0.115. The van der Waals surface area contributed by atoms with Crippen LogP contribution >= 0.6 is 11.8 Å². The molecule has 1 unspecified atom stereocenters. The molecule has 0 aliphatic carbocycles.